The van der Waals surface area contributed by atoms with Crippen molar-refractivity contribution in [1.29, 1.82) is 5.41 Å². The molecular weight excluding hydrogens is 244 g/mol. The average Bonchev–Trinajstić information content (AvgIpc) is 2.78. The molecule has 1 heterocycles. The maximum Gasteiger partial charge on any atom is 0.144 e. The van der Waals surface area contributed by atoms with E-state index in [9.17, 15) is 5.11 Å². The van der Waals surface area contributed by atoms with Crippen LogP contribution in [-0.4, -0.2) is 34.7 Å². The Kier molecular flexibility index (Phi) is 5.28. The first-order valence-electron chi connectivity index (χ1n) is 4.94. The number of hydrogen-bond donors (Lipinski definition) is 2. The van der Waals surface area contributed by atoms with Gasteiger partial charge in [-0.25, -0.2) is 0 Å². The van der Waals surface area contributed by atoms with Gasteiger partial charge in [0.05, 0.1) is 5.37 Å². The largest absolute Gasteiger partial charge is 0.373 e. The molecule has 1 aromatic rings. The third-order valence-corrected chi connectivity index (χ3v) is 3.78. The van der Waals surface area contributed by atoms with E-state index >= 15 is 0 Å². The molecule has 2 rings (SSSR count). The fraction of sp³-hybridized carbons (Fsp3) is 0.364. The molecule has 0 spiro atoms. The van der Waals surface area contributed by atoms with Crippen molar-refractivity contribution in [3.05, 3.63) is 35.9 Å². The van der Waals surface area contributed by atoms with Gasteiger partial charge < -0.3 is 10.5 Å². The number of thioether (sulfide) groups is 1. The monoisotopic (exact) mass is 258 g/mol. The number of hydrogen-bond acceptors (Lipinski definition) is 4. The van der Waals surface area contributed by atoms with Gasteiger partial charge in [-0.3, -0.25) is 4.90 Å². The van der Waals surface area contributed by atoms with Gasteiger partial charge in [-0.2, -0.15) is 0 Å². The summed E-state index contributed by atoms with van der Waals surface area (Å²) in [6.07, 6.45) is 0.326. The number of aliphatic hydroxyl groups excluding tert-OH is 1. The highest BCUT2D eigenvalue weighted by atomic mass is 35.5. The van der Waals surface area contributed by atoms with Crippen LogP contribution in [0.4, 0.5) is 0 Å². The standard InChI is InChI=1S/C11H14N2OS.ClH/c12-8-10(14)13-6-7-15-11(13)9-4-2-1-3-5-9;/h1-5,8,10-12,14H,6-7H2;1H. The zero-order valence-corrected chi connectivity index (χ0v) is 10.4. The highest BCUT2D eigenvalue weighted by Crippen LogP contribution is 2.38. The van der Waals surface area contributed by atoms with Crippen LogP contribution in [0, 0.1) is 5.41 Å². The number of nitrogens with one attached hydrogen (secondary N) is 1. The molecule has 2 N–H and O–H groups in total. The summed E-state index contributed by atoms with van der Waals surface area (Å²) in [5, 5.41) is 16.9. The zero-order valence-electron chi connectivity index (χ0n) is 8.74. The Balaban J connectivity index is 0.00000128. The lowest BCUT2D eigenvalue weighted by atomic mass is 10.2. The van der Waals surface area contributed by atoms with Gasteiger partial charge in [0.15, 0.2) is 0 Å². The van der Waals surface area contributed by atoms with Crippen LogP contribution in [0.1, 0.15) is 10.9 Å². The smallest absolute Gasteiger partial charge is 0.144 e. The maximum atomic E-state index is 9.66. The molecule has 16 heavy (non-hydrogen) atoms. The molecule has 1 saturated heterocycles. The molecule has 0 aromatic heterocycles. The third kappa shape index (κ3) is 2.77. The molecule has 0 radical (unpaired) electrons. The fourth-order valence-electron chi connectivity index (χ4n) is 1.75. The van der Waals surface area contributed by atoms with Gasteiger partial charge >= 0.3 is 0 Å². The Hall–Kier alpha value is -0.550. The van der Waals surface area contributed by atoms with E-state index in [-0.39, 0.29) is 17.8 Å². The van der Waals surface area contributed by atoms with Crippen molar-refractivity contribution in [3.63, 3.8) is 0 Å². The molecule has 1 aliphatic rings. The number of aliphatic hydroxyl groups is 1. The molecule has 5 heteroatoms. The maximum absolute atomic E-state index is 9.66. The molecule has 1 fully saturated rings. The lowest BCUT2D eigenvalue weighted by Gasteiger charge is -2.26. The summed E-state index contributed by atoms with van der Waals surface area (Å²) in [6.45, 7) is 0.834. The second-order valence-electron chi connectivity index (χ2n) is 3.45. The predicted molar refractivity (Wildman–Crippen MR) is 70.4 cm³/mol. The van der Waals surface area contributed by atoms with Crippen molar-refractivity contribution in [2.24, 2.45) is 0 Å². The Morgan fingerprint density at radius 3 is 2.75 bits per heavy atom. The minimum Gasteiger partial charge on any atom is -0.373 e. The molecule has 88 valence electrons. The van der Waals surface area contributed by atoms with Gasteiger partial charge in [0.1, 0.15) is 6.23 Å². The third-order valence-electron chi connectivity index (χ3n) is 2.50. The van der Waals surface area contributed by atoms with Gasteiger partial charge in [0.25, 0.3) is 0 Å². The molecule has 0 amide bonds. The van der Waals surface area contributed by atoms with Crippen LogP contribution >= 0.6 is 24.2 Å². The van der Waals surface area contributed by atoms with Crippen LogP contribution in [0.2, 0.25) is 0 Å². The van der Waals surface area contributed by atoms with Crippen LogP contribution in [0.3, 0.4) is 0 Å². The number of benzene rings is 1. The fourth-order valence-corrected chi connectivity index (χ4v) is 3.07. The van der Waals surface area contributed by atoms with E-state index in [2.05, 4.69) is 12.1 Å². The number of nitrogens with zero attached hydrogens (tertiary/aromatic N) is 1. The normalized spacial score (nSPS) is 22.4. The van der Waals surface area contributed by atoms with E-state index < -0.39 is 6.23 Å². The molecule has 0 saturated carbocycles. The van der Waals surface area contributed by atoms with Crippen molar-refractivity contribution in [3.8, 4) is 0 Å². The highest BCUT2D eigenvalue weighted by molar-refractivity contribution is 7.99. The van der Waals surface area contributed by atoms with Crippen LogP contribution < -0.4 is 0 Å². The Labute approximate surface area is 106 Å². The molecule has 2 atom stereocenters. The first-order valence-corrected chi connectivity index (χ1v) is 5.99. The van der Waals surface area contributed by atoms with Crippen molar-refractivity contribution < 1.29 is 5.11 Å². The van der Waals surface area contributed by atoms with Gasteiger partial charge in [-0.15, -0.1) is 24.2 Å². The zero-order chi connectivity index (χ0) is 10.7. The molecule has 1 aliphatic heterocycles. The minimum absolute atomic E-state index is 0. The summed E-state index contributed by atoms with van der Waals surface area (Å²) in [5.74, 6) is 1.00. The van der Waals surface area contributed by atoms with Gasteiger partial charge in [0, 0.05) is 18.5 Å². The quantitative estimate of drug-likeness (QED) is 0.817. The van der Waals surface area contributed by atoms with Gasteiger partial charge in [-0.1, -0.05) is 30.3 Å². The molecular formula is C11H15ClN2OS. The second kappa shape index (κ2) is 6.25. The molecule has 3 nitrogen and oxygen atoms in total. The summed E-state index contributed by atoms with van der Waals surface area (Å²) >= 11 is 1.81. The number of rotatable bonds is 3. The Bertz CT molecular complexity index is 336. The summed E-state index contributed by atoms with van der Waals surface area (Å²) in [5.41, 5.74) is 1.20. The minimum atomic E-state index is -0.759. The average molecular weight is 259 g/mol. The predicted octanol–water partition coefficient (Wildman–Crippen LogP) is 2.12. The summed E-state index contributed by atoms with van der Waals surface area (Å²) < 4.78 is 0. The van der Waals surface area contributed by atoms with Crippen LogP contribution in [-0.2, 0) is 0 Å². The lowest BCUT2D eigenvalue weighted by Crippen LogP contribution is -2.35. The van der Waals surface area contributed by atoms with Crippen molar-refractivity contribution in [2.45, 2.75) is 11.6 Å². The van der Waals surface area contributed by atoms with Crippen molar-refractivity contribution in [1.82, 2.24) is 4.90 Å². The van der Waals surface area contributed by atoms with Gasteiger partial charge in [-0.05, 0) is 5.56 Å². The van der Waals surface area contributed by atoms with Crippen molar-refractivity contribution in [2.75, 3.05) is 12.3 Å². The first kappa shape index (κ1) is 13.5. The molecule has 2 unspecified atom stereocenters. The Morgan fingerprint density at radius 2 is 2.12 bits per heavy atom. The Morgan fingerprint density at radius 1 is 1.44 bits per heavy atom. The number of halogens is 1. The first-order chi connectivity index (χ1) is 7.33. The molecule has 0 aliphatic carbocycles. The van der Waals surface area contributed by atoms with E-state index in [4.69, 9.17) is 5.41 Å². The van der Waals surface area contributed by atoms with E-state index in [0.717, 1.165) is 18.5 Å². The van der Waals surface area contributed by atoms with Gasteiger partial charge in [0.2, 0.25) is 0 Å². The molecule has 0 bridgehead atoms. The van der Waals surface area contributed by atoms with E-state index in [1.54, 1.807) is 0 Å². The molecule has 1 aromatic carbocycles. The highest BCUT2D eigenvalue weighted by Gasteiger charge is 2.30. The van der Waals surface area contributed by atoms with E-state index in [1.807, 2.05) is 34.9 Å². The summed E-state index contributed by atoms with van der Waals surface area (Å²) in [4.78, 5) is 1.94. The van der Waals surface area contributed by atoms with E-state index in [0.29, 0.717) is 0 Å². The second-order valence-corrected chi connectivity index (χ2v) is 4.64. The SMILES string of the molecule is Cl.N=CC(O)N1CCSC1c1ccccc1. The summed E-state index contributed by atoms with van der Waals surface area (Å²) in [6, 6.07) is 10.1. The lowest BCUT2D eigenvalue weighted by molar-refractivity contribution is 0.0627. The van der Waals surface area contributed by atoms with Crippen molar-refractivity contribution >= 4 is 30.4 Å². The topological polar surface area (TPSA) is 47.3 Å². The van der Waals surface area contributed by atoms with Crippen LogP contribution in [0.15, 0.2) is 30.3 Å². The van der Waals surface area contributed by atoms with Crippen LogP contribution in [0.25, 0.3) is 0 Å². The van der Waals surface area contributed by atoms with Crippen LogP contribution in [0.5, 0.6) is 0 Å². The summed E-state index contributed by atoms with van der Waals surface area (Å²) in [7, 11) is 0. The van der Waals surface area contributed by atoms with E-state index in [1.165, 1.54) is 5.56 Å².